The van der Waals surface area contributed by atoms with Gasteiger partial charge in [0.1, 0.15) is 23.8 Å². The first kappa shape index (κ1) is 13.2. The van der Waals surface area contributed by atoms with E-state index in [1.54, 1.807) is 0 Å². The van der Waals surface area contributed by atoms with Crippen LogP contribution in [-0.4, -0.2) is 11.7 Å². The monoisotopic (exact) mass is 272 g/mol. The Hall–Kier alpha value is -1.81. The van der Waals surface area contributed by atoms with Crippen LogP contribution in [0.3, 0.4) is 0 Å². The molecule has 0 fully saturated rings. The summed E-state index contributed by atoms with van der Waals surface area (Å²) in [7, 11) is 0. The SMILES string of the molecule is CCNC1CCc2cc(OCc3cc(C)on3)ccc21. The minimum atomic E-state index is 0.451. The summed E-state index contributed by atoms with van der Waals surface area (Å²) in [6.45, 7) is 5.49. The van der Waals surface area contributed by atoms with Crippen molar-refractivity contribution in [2.45, 2.75) is 39.3 Å². The van der Waals surface area contributed by atoms with Crippen LogP contribution >= 0.6 is 0 Å². The number of fused-ring (bicyclic) bond motifs is 1. The molecule has 1 aliphatic rings. The van der Waals surface area contributed by atoms with Gasteiger partial charge in [0.15, 0.2) is 0 Å². The van der Waals surface area contributed by atoms with Crippen LogP contribution < -0.4 is 10.1 Å². The van der Waals surface area contributed by atoms with Gasteiger partial charge in [-0.2, -0.15) is 0 Å². The molecule has 0 aliphatic heterocycles. The van der Waals surface area contributed by atoms with Crippen molar-refractivity contribution in [1.82, 2.24) is 10.5 Å². The van der Waals surface area contributed by atoms with Crippen LogP contribution in [0.15, 0.2) is 28.8 Å². The van der Waals surface area contributed by atoms with Crippen LogP contribution in [0.1, 0.15) is 42.0 Å². The highest BCUT2D eigenvalue weighted by molar-refractivity contribution is 5.40. The zero-order valence-electron chi connectivity index (χ0n) is 12.0. The summed E-state index contributed by atoms with van der Waals surface area (Å²) in [6.07, 6.45) is 2.29. The molecule has 1 N–H and O–H groups in total. The quantitative estimate of drug-likeness (QED) is 0.908. The second-order valence-electron chi connectivity index (χ2n) is 5.23. The van der Waals surface area contributed by atoms with Gasteiger partial charge in [-0.25, -0.2) is 0 Å². The summed E-state index contributed by atoms with van der Waals surface area (Å²) in [5.41, 5.74) is 3.63. The van der Waals surface area contributed by atoms with Gasteiger partial charge in [0, 0.05) is 12.1 Å². The topological polar surface area (TPSA) is 47.3 Å². The van der Waals surface area contributed by atoms with E-state index in [9.17, 15) is 0 Å². The number of rotatable bonds is 5. The van der Waals surface area contributed by atoms with Gasteiger partial charge >= 0.3 is 0 Å². The van der Waals surface area contributed by atoms with E-state index in [-0.39, 0.29) is 0 Å². The number of aryl methyl sites for hydroxylation is 2. The van der Waals surface area contributed by atoms with Gasteiger partial charge in [-0.05, 0) is 49.6 Å². The van der Waals surface area contributed by atoms with Crippen molar-refractivity contribution >= 4 is 0 Å². The lowest BCUT2D eigenvalue weighted by Crippen LogP contribution is -2.18. The van der Waals surface area contributed by atoms with Gasteiger partial charge in [0.2, 0.25) is 0 Å². The van der Waals surface area contributed by atoms with Crippen molar-refractivity contribution in [3.05, 3.63) is 46.8 Å². The number of nitrogens with one attached hydrogen (secondary N) is 1. The Labute approximate surface area is 119 Å². The third-order valence-corrected chi connectivity index (χ3v) is 3.71. The third-order valence-electron chi connectivity index (χ3n) is 3.71. The fourth-order valence-electron chi connectivity index (χ4n) is 2.79. The van der Waals surface area contributed by atoms with Crippen molar-refractivity contribution in [1.29, 1.82) is 0 Å². The molecule has 2 aromatic rings. The van der Waals surface area contributed by atoms with Gasteiger partial charge in [0.25, 0.3) is 0 Å². The molecule has 20 heavy (non-hydrogen) atoms. The van der Waals surface area contributed by atoms with Crippen molar-refractivity contribution in [2.24, 2.45) is 0 Å². The number of nitrogens with zero attached hydrogens (tertiary/aromatic N) is 1. The highest BCUT2D eigenvalue weighted by Gasteiger charge is 2.21. The lowest BCUT2D eigenvalue weighted by atomic mass is 10.1. The van der Waals surface area contributed by atoms with Crippen LogP contribution in [0.4, 0.5) is 0 Å². The number of hydrogen-bond donors (Lipinski definition) is 1. The Balaban J connectivity index is 1.67. The molecule has 1 aromatic heterocycles. The molecule has 1 aliphatic carbocycles. The maximum Gasteiger partial charge on any atom is 0.134 e. The highest BCUT2D eigenvalue weighted by atomic mass is 16.5. The maximum atomic E-state index is 5.78. The number of aromatic nitrogens is 1. The lowest BCUT2D eigenvalue weighted by molar-refractivity contribution is 0.287. The van der Waals surface area contributed by atoms with Crippen LogP contribution in [-0.2, 0) is 13.0 Å². The highest BCUT2D eigenvalue weighted by Crippen LogP contribution is 2.33. The molecule has 106 valence electrons. The van der Waals surface area contributed by atoms with E-state index in [2.05, 4.69) is 29.5 Å². The van der Waals surface area contributed by atoms with Crippen LogP contribution in [0.25, 0.3) is 0 Å². The molecule has 1 atom stereocenters. The molecule has 0 bridgehead atoms. The van der Waals surface area contributed by atoms with Gasteiger partial charge < -0.3 is 14.6 Å². The summed E-state index contributed by atoms with van der Waals surface area (Å²) < 4.78 is 10.8. The zero-order valence-corrected chi connectivity index (χ0v) is 12.0. The first-order valence-electron chi connectivity index (χ1n) is 7.17. The molecule has 1 aromatic carbocycles. The predicted molar refractivity (Wildman–Crippen MR) is 76.8 cm³/mol. The van der Waals surface area contributed by atoms with E-state index < -0.39 is 0 Å². The lowest BCUT2D eigenvalue weighted by Gasteiger charge is -2.12. The van der Waals surface area contributed by atoms with E-state index in [0.717, 1.165) is 30.2 Å². The smallest absolute Gasteiger partial charge is 0.134 e. The molecule has 0 amide bonds. The molecule has 0 saturated carbocycles. The largest absolute Gasteiger partial charge is 0.487 e. The van der Waals surface area contributed by atoms with E-state index in [0.29, 0.717) is 12.6 Å². The number of ether oxygens (including phenoxy) is 1. The van der Waals surface area contributed by atoms with Crippen LogP contribution in [0.2, 0.25) is 0 Å². The fraction of sp³-hybridized carbons (Fsp3) is 0.438. The van der Waals surface area contributed by atoms with Crippen molar-refractivity contribution in [3.63, 3.8) is 0 Å². The Morgan fingerprint density at radius 3 is 3.05 bits per heavy atom. The summed E-state index contributed by atoms with van der Waals surface area (Å²) >= 11 is 0. The van der Waals surface area contributed by atoms with E-state index >= 15 is 0 Å². The standard InChI is InChI=1S/C16H20N2O2/c1-3-17-16-7-4-12-9-14(5-6-15(12)16)19-10-13-8-11(2)20-18-13/h5-6,8-9,16-17H,3-4,7,10H2,1-2H3. The molecule has 1 heterocycles. The van der Waals surface area contributed by atoms with Crippen LogP contribution in [0, 0.1) is 6.92 Å². The summed E-state index contributed by atoms with van der Waals surface area (Å²) in [5.74, 6) is 1.72. The van der Waals surface area contributed by atoms with E-state index in [1.807, 2.05) is 19.1 Å². The molecule has 3 rings (SSSR count). The molecule has 4 nitrogen and oxygen atoms in total. The molecule has 4 heteroatoms. The molecular weight excluding hydrogens is 252 g/mol. The Bertz CT molecular complexity index is 592. The molecular formula is C16H20N2O2. The molecule has 1 unspecified atom stereocenters. The zero-order chi connectivity index (χ0) is 13.9. The second kappa shape index (κ2) is 5.67. The minimum Gasteiger partial charge on any atom is -0.487 e. The summed E-state index contributed by atoms with van der Waals surface area (Å²) in [5, 5.41) is 7.45. The first-order chi connectivity index (χ1) is 9.76. The van der Waals surface area contributed by atoms with Crippen molar-refractivity contribution in [3.8, 4) is 5.75 Å². The Morgan fingerprint density at radius 2 is 2.30 bits per heavy atom. The average molecular weight is 272 g/mol. The van der Waals surface area contributed by atoms with E-state index in [4.69, 9.17) is 9.26 Å². The molecule has 0 saturated heterocycles. The van der Waals surface area contributed by atoms with Crippen molar-refractivity contribution < 1.29 is 9.26 Å². The third kappa shape index (κ3) is 2.70. The van der Waals surface area contributed by atoms with Gasteiger partial charge in [-0.1, -0.05) is 18.1 Å². The number of hydrogen-bond acceptors (Lipinski definition) is 4. The Morgan fingerprint density at radius 1 is 1.40 bits per heavy atom. The van der Waals surface area contributed by atoms with Gasteiger partial charge in [-0.15, -0.1) is 0 Å². The Kier molecular flexibility index (Phi) is 3.74. The number of benzene rings is 1. The molecule has 0 radical (unpaired) electrons. The summed E-state index contributed by atoms with van der Waals surface area (Å²) in [6, 6.07) is 8.77. The van der Waals surface area contributed by atoms with Crippen molar-refractivity contribution in [2.75, 3.05) is 6.54 Å². The van der Waals surface area contributed by atoms with Gasteiger partial charge in [0.05, 0.1) is 0 Å². The first-order valence-corrected chi connectivity index (χ1v) is 7.17. The normalized spacial score (nSPS) is 17.2. The second-order valence-corrected chi connectivity index (χ2v) is 5.23. The van der Waals surface area contributed by atoms with Crippen LogP contribution in [0.5, 0.6) is 5.75 Å². The van der Waals surface area contributed by atoms with E-state index in [1.165, 1.54) is 17.5 Å². The fourth-order valence-corrected chi connectivity index (χ4v) is 2.79. The summed E-state index contributed by atoms with van der Waals surface area (Å²) in [4.78, 5) is 0. The molecule has 0 spiro atoms. The maximum absolute atomic E-state index is 5.78. The minimum absolute atomic E-state index is 0.451. The predicted octanol–water partition coefficient (Wildman–Crippen LogP) is 3.16. The van der Waals surface area contributed by atoms with Gasteiger partial charge in [-0.3, -0.25) is 0 Å². The average Bonchev–Trinajstić information content (AvgIpc) is 3.04.